The molecular weight excluding hydrogens is 234 g/mol. The molecule has 1 aromatic carbocycles. The van der Waals surface area contributed by atoms with Crippen molar-refractivity contribution in [3.8, 4) is 5.75 Å². The van der Waals surface area contributed by atoms with E-state index in [0.717, 1.165) is 31.2 Å². The molecule has 108 valence electrons. The second kappa shape index (κ2) is 8.98. The summed E-state index contributed by atoms with van der Waals surface area (Å²) in [7, 11) is 0. The summed E-state index contributed by atoms with van der Waals surface area (Å²) in [5, 5.41) is 3.56. The van der Waals surface area contributed by atoms with Crippen LogP contribution in [-0.2, 0) is 0 Å². The van der Waals surface area contributed by atoms with Crippen LogP contribution in [0.25, 0.3) is 0 Å². The fourth-order valence-corrected chi connectivity index (χ4v) is 2.20. The molecule has 1 rings (SSSR count). The highest BCUT2D eigenvalue weighted by Gasteiger charge is 2.08. The number of rotatable bonds is 9. The predicted octanol–water partition coefficient (Wildman–Crippen LogP) is 4.18. The van der Waals surface area contributed by atoms with Crippen molar-refractivity contribution in [2.75, 3.05) is 13.2 Å². The van der Waals surface area contributed by atoms with Gasteiger partial charge in [-0.05, 0) is 56.3 Å². The Morgan fingerprint density at radius 3 is 2.58 bits per heavy atom. The van der Waals surface area contributed by atoms with Gasteiger partial charge in [-0.3, -0.25) is 0 Å². The first-order chi connectivity index (χ1) is 9.11. The van der Waals surface area contributed by atoms with E-state index in [1.54, 1.807) is 0 Å². The molecule has 0 heterocycles. The van der Waals surface area contributed by atoms with Gasteiger partial charge in [-0.2, -0.15) is 0 Å². The van der Waals surface area contributed by atoms with Crippen LogP contribution in [0.4, 0.5) is 0 Å². The van der Waals surface area contributed by atoms with Crippen molar-refractivity contribution < 1.29 is 4.74 Å². The molecule has 2 nitrogen and oxygen atoms in total. The minimum atomic E-state index is 0.581. The molecule has 0 spiro atoms. The summed E-state index contributed by atoms with van der Waals surface area (Å²) in [5.74, 6) is 1.76. The van der Waals surface area contributed by atoms with Gasteiger partial charge in [-0.15, -0.1) is 0 Å². The molecule has 0 radical (unpaired) electrons. The van der Waals surface area contributed by atoms with E-state index in [1.165, 1.54) is 18.4 Å². The van der Waals surface area contributed by atoms with Gasteiger partial charge < -0.3 is 10.1 Å². The molecule has 0 aliphatic carbocycles. The van der Waals surface area contributed by atoms with Crippen molar-refractivity contribution in [1.29, 1.82) is 0 Å². The summed E-state index contributed by atoms with van der Waals surface area (Å²) in [6, 6.07) is 8.85. The smallest absolute Gasteiger partial charge is 0.119 e. The Balaban J connectivity index is 2.31. The summed E-state index contributed by atoms with van der Waals surface area (Å²) in [6.45, 7) is 10.7. The first-order valence-electron chi connectivity index (χ1n) is 7.54. The summed E-state index contributed by atoms with van der Waals surface area (Å²) < 4.78 is 5.83. The summed E-state index contributed by atoms with van der Waals surface area (Å²) in [5.41, 5.74) is 1.25. The van der Waals surface area contributed by atoms with Gasteiger partial charge in [0.25, 0.3) is 0 Å². The van der Waals surface area contributed by atoms with Gasteiger partial charge in [-0.1, -0.05) is 32.9 Å². The second-order valence-electron chi connectivity index (χ2n) is 5.68. The van der Waals surface area contributed by atoms with Crippen LogP contribution in [0.3, 0.4) is 0 Å². The molecule has 2 heteroatoms. The van der Waals surface area contributed by atoms with Gasteiger partial charge in [0.15, 0.2) is 0 Å². The third kappa shape index (κ3) is 7.22. The number of nitrogens with one attached hydrogen (secondary N) is 1. The highest BCUT2D eigenvalue weighted by atomic mass is 16.5. The molecule has 0 aliphatic rings. The Kier molecular flexibility index (Phi) is 7.57. The zero-order chi connectivity index (χ0) is 14.1. The molecule has 1 aromatic rings. The molecule has 0 saturated heterocycles. The van der Waals surface area contributed by atoms with Crippen LogP contribution in [0.15, 0.2) is 24.3 Å². The van der Waals surface area contributed by atoms with Gasteiger partial charge in [-0.25, -0.2) is 0 Å². The van der Waals surface area contributed by atoms with Gasteiger partial charge >= 0.3 is 0 Å². The molecule has 1 unspecified atom stereocenters. The SMILES string of the molecule is CCNC(CCOc1cccc(C)c1)CCC(C)C. The standard InChI is InChI=1S/C17H29NO/c1-5-18-16(10-9-14(2)3)11-12-19-17-8-6-7-15(4)13-17/h6-8,13-14,16,18H,5,9-12H2,1-4H3. The van der Waals surface area contributed by atoms with E-state index in [9.17, 15) is 0 Å². The number of benzene rings is 1. The molecule has 0 aliphatic heterocycles. The summed E-state index contributed by atoms with van der Waals surface area (Å²) >= 11 is 0. The number of hydrogen-bond donors (Lipinski definition) is 1. The average molecular weight is 263 g/mol. The van der Waals surface area contributed by atoms with Crippen LogP contribution in [0.2, 0.25) is 0 Å². The largest absolute Gasteiger partial charge is 0.494 e. The lowest BCUT2D eigenvalue weighted by atomic mass is 10.0. The molecule has 0 amide bonds. The molecule has 0 fully saturated rings. The summed E-state index contributed by atoms with van der Waals surface area (Å²) in [4.78, 5) is 0. The van der Waals surface area contributed by atoms with Gasteiger partial charge in [0.05, 0.1) is 6.61 Å². The fourth-order valence-electron chi connectivity index (χ4n) is 2.20. The highest BCUT2D eigenvalue weighted by molar-refractivity contribution is 5.27. The number of aryl methyl sites for hydroxylation is 1. The highest BCUT2D eigenvalue weighted by Crippen LogP contribution is 2.14. The average Bonchev–Trinajstić information content (AvgIpc) is 2.36. The maximum Gasteiger partial charge on any atom is 0.119 e. The minimum Gasteiger partial charge on any atom is -0.494 e. The fraction of sp³-hybridized carbons (Fsp3) is 0.647. The Labute approximate surface area is 118 Å². The van der Waals surface area contributed by atoms with Gasteiger partial charge in [0.1, 0.15) is 5.75 Å². The van der Waals surface area contributed by atoms with E-state index >= 15 is 0 Å². The zero-order valence-electron chi connectivity index (χ0n) is 12.9. The lowest BCUT2D eigenvalue weighted by Crippen LogP contribution is -2.30. The predicted molar refractivity (Wildman–Crippen MR) is 82.8 cm³/mol. The van der Waals surface area contributed by atoms with Crippen LogP contribution in [0.5, 0.6) is 5.75 Å². The Morgan fingerprint density at radius 2 is 1.95 bits per heavy atom. The molecule has 1 N–H and O–H groups in total. The number of hydrogen-bond acceptors (Lipinski definition) is 2. The lowest BCUT2D eigenvalue weighted by Gasteiger charge is -2.19. The second-order valence-corrected chi connectivity index (χ2v) is 5.68. The Bertz CT molecular complexity index is 349. The topological polar surface area (TPSA) is 21.3 Å². The minimum absolute atomic E-state index is 0.581. The Morgan fingerprint density at radius 1 is 1.16 bits per heavy atom. The van der Waals surface area contributed by atoms with E-state index in [2.05, 4.69) is 45.1 Å². The van der Waals surface area contributed by atoms with Crippen LogP contribution < -0.4 is 10.1 Å². The molecular formula is C17H29NO. The lowest BCUT2D eigenvalue weighted by molar-refractivity contribution is 0.277. The van der Waals surface area contributed by atoms with Crippen molar-refractivity contribution in [1.82, 2.24) is 5.32 Å². The van der Waals surface area contributed by atoms with E-state index in [0.29, 0.717) is 6.04 Å². The normalized spacial score (nSPS) is 12.7. The molecule has 19 heavy (non-hydrogen) atoms. The maximum atomic E-state index is 5.83. The van der Waals surface area contributed by atoms with Crippen molar-refractivity contribution in [2.24, 2.45) is 5.92 Å². The maximum absolute atomic E-state index is 5.83. The van der Waals surface area contributed by atoms with Crippen LogP contribution in [0, 0.1) is 12.8 Å². The zero-order valence-corrected chi connectivity index (χ0v) is 12.9. The van der Waals surface area contributed by atoms with E-state index < -0.39 is 0 Å². The van der Waals surface area contributed by atoms with Gasteiger partial charge in [0.2, 0.25) is 0 Å². The molecule has 0 saturated carbocycles. The number of ether oxygens (including phenoxy) is 1. The van der Waals surface area contributed by atoms with Crippen molar-refractivity contribution in [3.63, 3.8) is 0 Å². The van der Waals surface area contributed by atoms with Crippen molar-refractivity contribution >= 4 is 0 Å². The van der Waals surface area contributed by atoms with Gasteiger partial charge in [0, 0.05) is 6.04 Å². The third-order valence-corrected chi connectivity index (χ3v) is 3.31. The molecule has 1 atom stereocenters. The monoisotopic (exact) mass is 263 g/mol. The molecule has 0 bridgehead atoms. The first-order valence-corrected chi connectivity index (χ1v) is 7.54. The third-order valence-electron chi connectivity index (χ3n) is 3.31. The van der Waals surface area contributed by atoms with E-state index in [4.69, 9.17) is 4.74 Å². The quantitative estimate of drug-likeness (QED) is 0.721. The van der Waals surface area contributed by atoms with Crippen molar-refractivity contribution in [3.05, 3.63) is 29.8 Å². The van der Waals surface area contributed by atoms with E-state index in [-0.39, 0.29) is 0 Å². The van der Waals surface area contributed by atoms with Crippen LogP contribution >= 0.6 is 0 Å². The van der Waals surface area contributed by atoms with Crippen molar-refractivity contribution in [2.45, 2.75) is 53.0 Å². The Hall–Kier alpha value is -1.02. The van der Waals surface area contributed by atoms with E-state index in [1.807, 2.05) is 12.1 Å². The van der Waals surface area contributed by atoms with Crippen LogP contribution in [0.1, 0.15) is 45.6 Å². The molecule has 0 aromatic heterocycles. The first kappa shape index (κ1) is 16.0. The summed E-state index contributed by atoms with van der Waals surface area (Å²) in [6.07, 6.45) is 3.60. The van der Waals surface area contributed by atoms with Crippen LogP contribution in [-0.4, -0.2) is 19.2 Å².